The van der Waals surface area contributed by atoms with E-state index in [1.165, 1.54) is 43.0 Å². The number of carbonyl (C=O) groups is 1. The summed E-state index contributed by atoms with van der Waals surface area (Å²) in [6.45, 7) is 5.33. The quantitative estimate of drug-likeness (QED) is 0.370. The van der Waals surface area contributed by atoms with Gasteiger partial charge in [-0.15, -0.1) is 0 Å². The predicted octanol–water partition coefficient (Wildman–Crippen LogP) is 3.75. The van der Waals surface area contributed by atoms with Crippen LogP contribution >= 0.6 is 0 Å². The van der Waals surface area contributed by atoms with Crippen LogP contribution in [-0.2, 0) is 27.9 Å². The molecular weight excluding hydrogens is 468 g/mol. The molecule has 0 aromatic heterocycles. The first-order valence-corrected chi connectivity index (χ1v) is 13.8. The predicted molar refractivity (Wildman–Crippen MR) is 137 cm³/mol. The largest absolute Gasteiger partial charge is 0.352 e. The molecule has 2 aromatic carbocycles. The Morgan fingerprint density at radius 1 is 1.11 bits per heavy atom. The average molecular weight is 503 g/mol. The summed E-state index contributed by atoms with van der Waals surface area (Å²) in [4.78, 5) is 25.5. The Morgan fingerprint density at radius 3 is 2.51 bits per heavy atom. The van der Waals surface area contributed by atoms with Crippen LogP contribution in [0.3, 0.4) is 0 Å². The highest BCUT2D eigenvalue weighted by atomic mass is 32.2. The molecule has 3 rings (SSSR count). The van der Waals surface area contributed by atoms with E-state index in [2.05, 4.69) is 22.3 Å². The normalized spacial score (nSPS) is 14.5. The fourth-order valence-corrected chi connectivity index (χ4v) is 5.35. The van der Waals surface area contributed by atoms with Gasteiger partial charge in [0.2, 0.25) is 15.9 Å². The molecule has 2 aromatic rings. The van der Waals surface area contributed by atoms with Crippen molar-refractivity contribution < 1.29 is 18.1 Å². The number of aryl methyl sites for hydroxylation is 1. The van der Waals surface area contributed by atoms with E-state index in [-0.39, 0.29) is 36.7 Å². The molecule has 0 bridgehead atoms. The van der Waals surface area contributed by atoms with E-state index < -0.39 is 14.9 Å². The van der Waals surface area contributed by atoms with E-state index in [0.29, 0.717) is 12.1 Å². The molecule has 0 unspecified atom stereocenters. The number of anilines is 1. The van der Waals surface area contributed by atoms with Gasteiger partial charge in [0, 0.05) is 38.2 Å². The van der Waals surface area contributed by atoms with Gasteiger partial charge in [0.25, 0.3) is 5.69 Å². The summed E-state index contributed by atoms with van der Waals surface area (Å²) in [7, 11) is -3.68. The van der Waals surface area contributed by atoms with E-state index in [0.717, 1.165) is 35.8 Å². The third kappa shape index (κ3) is 8.03. The molecular formula is C25H34N4O5S. The molecule has 190 valence electrons. The second-order valence-electron chi connectivity index (χ2n) is 9.10. The number of carbonyl (C=O) groups excluding carboxylic acids is 1. The molecule has 0 saturated carbocycles. The third-order valence-electron chi connectivity index (χ3n) is 6.17. The van der Waals surface area contributed by atoms with Crippen molar-refractivity contribution in [1.29, 1.82) is 0 Å². The smallest absolute Gasteiger partial charge is 0.271 e. The van der Waals surface area contributed by atoms with Crippen LogP contribution in [0.4, 0.5) is 11.4 Å². The minimum atomic E-state index is -3.68. The van der Waals surface area contributed by atoms with E-state index >= 15 is 0 Å². The Morgan fingerprint density at radius 2 is 1.83 bits per heavy atom. The Kier molecular flexibility index (Phi) is 9.22. The highest BCUT2D eigenvalue weighted by Gasteiger charge is 2.22. The molecule has 1 N–H and O–H groups in total. The number of likely N-dealkylation sites (tertiary alicyclic amines) is 1. The zero-order valence-electron chi connectivity index (χ0n) is 20.4. The number of rotatable bonds is 11. The van der Waals surface area contributed by atoms with Gasteiger partial charge in [-0.1, -0.05) is 36.8 Å². The zero-order chi connectivity index (χ0) is 25.4. The minimum Gasteiger partial charge on any atom is -0.352 e. The summed E-state index contributed by atoms with van der Waals surface area (Å²) in [6, 6.07) is 12.3. The maximum Gasteiger partial charge on any atom is 0.271 e. The summed E-state index contributed by atoms with van der Waals surface area (Å²) in [5, 5.41) is 14.0. The maximum atomic E-state index is 12.4. The zero-order valence-corrected chi connectivity index (χ0v) is 21.2. The highest BCUT2D eigenvalue weighted by Crippen LogP contribution is 2.27. The van der Waals surface area contributed by atoms with Gasteiger partial charge in [-0.25, -0.2) is 8.42 Å². The fourth-order valence-electron chi connectivity index (χ4n) is 4.33. The number of sulfonamides is 1. The molecule has 0 aliphatic carbocycles. The van der Waals surface area contributed by atoms with Crippen molar-refractivity contribution in [1.82, 2.24) is 10.2 Å². The van der Waals surface area contributed by atoms with Crippen molar-refractivity contribution in [3.63, 3.8) is 0 Å². The van der Waals surface area contributed by atoms with Crippen molar-refractivity contribution in [2.45, 2.75) is 52.1 Å². The number of hydrogen-bond acceptors (Lipinski definition) is 6. The first-order chi connectivity index (χ1) is 16.6. The third-order valence-corrected chi connectivity index (χ3v) is 7.35. The van der Waals surface area contributed by atoms with Crippen LogP contribution in [0.2, 0.25) is 0 Å². The molecule has 1 aliphatic heterocycles. The molecule has 1 amide bonds. The molecule has 35 heavy (non-hydrogen) atoms. The van der Waals surface area contributed by atoms with Crippen LogP contribution in [0.1, 0.15) is 48.8 Å². The van der Waals surface area contributed by atoms with E-state index in [1.54, 1.807) is 6.92 Å². The molecule has 0 spiro atoms. The molecule has 1 fully saturated rings. The first kappa shape index (κ1) is 26.6. The number of amides is 1. The van der Waals surface area contributed by atoms with Crippen molar-refractivity contribution in [2.24, 2.45) is 0 Å². The number of piperidine rings is 1. The first-order valence-electron chi connectivity index (χ1n) is 11.9. The van der Waals surface area contributed by atoms with Crippen LogP contribution in [0.15, 0.2) is 42.5 Å². The molecule has 1 saturated heterocycles. The summed E-state index contributed by atoms with van der Waals surface area (Å²) in [5.74, 6) is -0.171. The van der Waals surface area contributed by atoms with Gasteiger partial charge in [0.05, 0.1) is 16.9 Å². The average Bonchev–Trinajstić information content (AvgIpc) is 2.81. The maximum absolute atomic E-state index is 12.4. The number of nitro benzene ring substituents is 1. The molecule has 10 heteroatoms. The number of non-ortho nitro benzene ring substituents is 1. The Labute approximate surface area is 207 Å². The highest BCUT2D eigenvalue weighted by molar-refractivity contribution is 7.92. The topological polar surface area (TPSA) is 113 Å². The Hall–Kier alpha value is -2.98. The van der Waals surface area contributed by atoms with Crippen LogP contribution < -0.4 is 9.62 Å². The summed E-state index contributed by atoms with van der Waals surface area (Å²) >= 11 is 0. The molecule has 1 heterocycles. The van der Waals surface area contributed by atoms with Gasteiger partial charge in [-0.2, -0.15) is 0 Å². The lowest BCUT2D eigenvalue weighted by Gasteiger charge is -2.26. The molecule has 0 radical (unpaired) electrons. The van der Waals surface area contributed by atoms with Gasteiger partial charge in [-0.05, 0) is 56.0 Å². The van der Waals surface area contributed by atoms with Crippen molar-refractivity contribution >= 4 is 27.3 Å². The lowest BCUT2D eigenvalue weighted by Crippen LogP contribution is -2.32. The standard InChI is InChI=1S/C25H34N4O5S/c1-20-11-12-23(29(31)32)17-24(20)28(35(2,33)34)15-7-10-25(30)26-18-21-8-6-9-22(16-21)19-27-13-4-3-5-14-27/h6,8-9,11-12,16-17H,3-5,7,10,13-15,18-19H2,1-2H3,(H,26,30). The van der Waals surface area contributed by atoms with E-state index in [4.69, 9.17) is 0 Å². The lowest BCUT2D eigenvalue weighted by molar-refractivity contribution is -0.384. The monoisotopic (exact) mass is 502 g/mol. The number of benzene rings is 2. The molecule has 9 nitrogen and oxygen atoms in total. The molecule has 0 atom stereocenters. The van der Waals surface area contributed by atoms with E-state index in [1.807, 2.05) is 12.1 Å². The van der Waals surface area contributed by atoms with Gasteiger partial charge < -0.3 is 5.32 Å². The molecule has 1 aliphatic rings. The number of nitrogens with one attached hydrogen (secondary N) is 1. The van der Waals surface area contributed by atoms with Gasteiger partial charge >= 0.3 is 0 Å². The number of nitro groups is 1. The van der Waals surface area contributed by atoms with E-state index in [9.17, 15) is 23.3 Å². The summed E-state index contributed by atoms with van der Waals surface area (Å²) in [6.07, 6.45) is 5.28. The lowest BCUT2D eigenvalue weighted by atomic mass is 10.1. The summed E-state index contributed by atoms with van der Waals surface area (Å²) < 4.78 is 25.9. The van der Waals surface area contributed by atoms with Crippen LogP contribution in [0.5, 0.6) is 0 Å². The Bertz CT molecular complexity index is 1150. The number of nitrogens with zero attached hydrogens (tertiary/aromatic N) is 3. The second-order valence-corrected chi connectivity index (χ2v) is 11.0. The van der Waals surface area contributed by atoms with Crippen LogP contribution in [-0.4, -0.2) is 50.0 Å². The van der Waals surface area contributed by atoms with Crippen molar-refractivity contribution in [3.05, 3.63) is 69.3 Å². The van der Waals surface area contributed by atoms with Gasteiger partial charge in [0.1, 0.15) is 0 Å². The number of hydrogen-bond donors (Lipinski definition) is 1. The van der Waals surface area contributed by atoms with Crippen molar-refractivity contribution in [2.75, 3.05) is 30.2 Å². The SMILES string of the molecule is Cc1ccc([N+](=O)[O-])cc1N(CCCC(=O)NCc1cccc(CN2CCCCC2)c1)S(C)(=O)=O. The summed E-state index contributed by atoms with van der Waals surface area (Å²) in [5.41, 5.74) is 2.94. The minimum absolute atomic E-state index is 0.0551. The Balaban J connectivity index is 1.53. The fraction of sp³-hybridized carbons (Fsp3) is 0.480. The van der Waals surface area contributed by atoms with Crippen LogP contribution in [0.25, 0.3) is 0 Å². The van der Waals surface area contributed by atoms with Gasteiger partial charge in [-0.3, -0.25) is 24.1 Å². The van der Waals surface area contributed by atoms with Gasteiger partial charge in [0.15, 0.2) is 0 Å². The second kappa shape index (κ2) is 12.1. The van der Waals surface area contributed by atoms with Crippen LogP contribution in [0, 0.1) is 17.0 Å². The van der Waals surface area contributed by atoms with Crippen molar-refractivity contribution in [3.8, 4) is 0 Å².